The molecule has 3 rings (SSSR count). The Morgan fingerprint density at radius 2 is 1.76 bits per heavy atom. The van der Waals surface area contributed by atoms with Crippen molar-refractivity contribution in [2.24, 2.45) is 0 Å². The molecule has 0 amide bonds. The smallest absolute Gasteiger partial charge is 0.0622 e. The first-order valence-corrected chi connectivity index (χ1v) is 5.69. The molecular formula is C17H14. The summed E-state index contributed by atoms with van der Waals surface area (Å²) in [4.78, 5) is 0. The predicted molar refractivity (Wildman–Crippen MR) is 73.5 cm³/mol. The lowest BCUT2D eigenvalue weighted by atomic mass is 9.94. The van der Waals surface area contributed by atoms with E-state index < -0.39 is 0 Å². The lowest BCUT2D eigenvalue weighted by molar-refractivity contribution is 1.23. The highest BCUT2D eigenvalue weighted by Gasteiger charge is 2.11. The van der Waals surface area contributed by atoms with Gasteiger partial charge in [-0.2, -0.15) is 0 Å². The molecule has 17 heavy (non-hydrogen) atoms. The zero-order chi connectivity index (χ0) is 14.1. The Morgan fingerprint density at radius 3 is 2.65 bits per heavy atom. The molecule has 0 heterocycles. The van der Waals surface area contributed by atoms with E-state index in [0.29, 0.717) is 30.2 Å². The van der Waals surface area contributed by atoms with Gasteiger partial charge in [-0.15, -0.1) is 0 Å². The first kappa shape index (κ1) is 7.29. The van der Waals surface area contributed by atoms with Crippen molar-refractivity contribution in [2.45, 2.75) is 6.42 Å². The van der Waals surface area contributed by atoms with Crippen LogP contribution in [-0.2, 0) is 0 Å². The summed E-state index contributed by atoms with van der Waals surface area (Å²) >= 11 is 0. The molecule has 0 aliphatic heterocycles. The van der Waals surface area contributed by atoms with E-state index in [1.54, 1.807) is 18.2 Å². The van der Waals surface area contributed by atoms with Crippen LogP contribution in [0.5, 0.6) is 0 Å². The molecule has 0 aromatic heterocycles. The Hall–Kier alpha value is -2.08. The van der Waals surface area contributed by atoms with Crippen molar-refractivity contribution in [3.05, 3.63) is 89.5 Å². The van der Waals surface area contributed by atoms with Gasteiger partial charge >= 0.3 is 0 Å². The molecule has 0 spiro atoms. The van der Waals surface area contributed by atoms with Gasteiger partial charge in [0.1, 0.15) is 0 Å². The van der Waals surface area contributed by atoms with Crippen molar-refractivity contribution in [2.75, 3.05) is 0 Å². The van der Waals surface area contributed by atoms with Crippen molar-refractivity contribution >= 4 is 5.57 Å². The molecule has 0 atom stereocenters. The molecular weight excluding hydrogens is 204 g/mol. The van der Waals surface area contributed by atoms with Gasteiger partial charge in [0.05, 0.1) is 4.11 Å². The fourth-order valence-electron chi connectivity index (χ4n) is 2.04. The van der Waals surface area contributed by atoms with E-state index in [0.717, 1.165) is 16.7 Å². The second-order valence-corrected chi connectivity index (χ2v) is 4.01. The normalized spacial score (nSPS) is 22.0. The summed E-state index contributed by atoms with van der Waals surface area (Å²) in [5, 5.41) is 0. The maximum atomic E-state index is 8.18. The van der Waals surface area contributed by atoms with Gasteiger partial charge in [0.25, 0.3) is 0 Å². The molecule has 0 radical (unpaired) electrons. The molecule has 0 heteroatoms. The highest BCUT2D eigenvalue weighted by molar-refractivity contribution is 5.82. The van der Waals surface area contributed by atoms with Gasteiger partial charge in [0.15, 0.2) is 0 Å². The SMILES string of the molecule is [2H]C1=CC=C(c2ccccc2)C2=C([2H])C=CC([2H])=C1C2. The Kier molecular flexibility index (Phi) is 1.90. The van der Waals surface area contributed by atoms with Crippen LogP contribution in [0, 0.1) is 0 Å². The van der Waals surface area contributed by atoms with Crippen LogP contribution >= 0.6 is 0 Å². The first-order chi connectivity index (χ1) is 9.66. The molecule has 0 saturated carbocycles. The third kappa shape index (κ3) is 2.07. The van der Waals surface area contributed by atoms with Crippen molar-refractivity contribution in [3.8, 4) is 0 Å². The van der Waals surface area contributed by atoms with E-state index in [4.69, 9.17) is 4.11 Å². The van der Waals surface area contributed by atoms with E-state index in [-0.39, 0.29) is 0 Å². The molecule has 1 aromatic rings. The standard InChI is InChI=1S/C17H14/c1-2-9-15(10-3-1)17-12-6-8-14-7-4-5-11-16(17)13-14/h1-12H,13H2/i7D,8D,11D. The summed E-state index contributed by atoms with van der Waals surface area (Å²) in [6.07, 6.45) is 7.36. The Labute approximate surface area is 106 Å². The third-order valence-corrected chi connectivity index (χ3v) is 2.87. The largest absolute Gasteiger partial charge is 0.0626 e. The summed E-state index contributed by atoms with van der Waals surface area (Å²) in [6, 6.07) is 11.0. The first-order valence-electron chi connectivity index (χ1n) is 7.19. The van der Waals surface area contributed by atoms with E-state index in [1.165, 1.54) is 0 Å². The molecule has 1 aromatic carbocycles. The van der Waals surface area contributed by atoms with Crippen molar-refractivity contribution in [1.29, 1.82) is 0 Å². The maximum absolute atomic E-state index is 8.18. The molecule has 0 fully saturated rings. The fraction of sp³-hybridized carbons (Fsp3) is 0.0588. The van der Waals surface area contributed by atoms with Crippen LogP contribution in [0.25, 0.3) is 5.57 Å². The van der Waals surface area contributed by atoms with E-state index in [9.17, 15) is 0 Å². The molecule has 0 saturated heterocycles. The molecule has 82 valence electrons. The Balaban J connectivity index is 2.21. The van der Waals surface area contributed by atoms with Gasteiger partial charge in [-0.1, -0.05) is 72.8 Å². The van der Waals surface area contributed by atoms with Gasteiger partial charge in [-0.05, 0) is 28.7 Å². The van der Waals surface area contributed by atoms with E-state index in [2.05, 4.69) is 0 Å². The third-order valence-electron chi connectivity index (χ3n) is 2.87. The summed E-state index contributed by atoms with van der Waals surface area (Å²) in [7, 11) is 0. The second kappa shape index (κ2) is 4.42. The highest BCUT2D eigenvalue weighted by Crippen LogP contribution is 2.31. The van der Waals surface area contributed by atoms with Gasteiger partial charge < -0.3 is 0 Å². The van der Waals surface area contributed by atoms with Gasteiger partial charge in [0.2, 0.25) is 0 Å². The minimum Gasteiger partial charge on any atom is -0.0622 e. The van der Waals surface area contributed by atoms with Crippen LogP contribution in [0.15, 0.2) is 83.9 Å². The zero-order valence-electron chi connectivity index (χ0n) is 12.4. The molecule has 0 unspecified atom stereocenters. The second-order valence-electron chi connectivity index (χ2n) is 4.01. The highest BCUT2D eigenvalue weighted by atomic mass is 14.2. The Bertz CT molecular complexity index is 701. The fourth-order valence-corrected chi connectivity index (χ4v) is 2.04. The van der Waals surface area contributed by atoms with Crippen LogP contribution < -0.4 is 0 Å². The topological polar surface area (TPSA) is 0 Å². The number of rotatable bonds is 1. The summed E-state index contributed by atoms with van der Waals surface area (Å²) in [6.45, 7) is 0. The molecule has 2 aliphatic carbocycles. The number of hydrogen-bond acceptors (Lipinski definition) is 0. The Morgan fingerprint density at radius 1 is 0.941 bits per heavy atom. The van der Waals surface area contributed by atoms with Crippen LogP contribution in [0.3, 0.4) is 0 Å². The summed E-state index contributed by atoms with van der Waals surface area (Å²) < 4.78 is 24.2. The van der Waals surface area contributed by atoms with Gasteiger partial charge in [-0.3, -0.25) is 0 Å². The number of benzene rings is 1. The van der Waals surface area contributed by atoms with Gasteiger partial charge in [0, 0.05) is 0 Å². The lowest BCUT2D eigenvalue weighted by Gasteiger charge is -2.10. The average molecular weight is 221 g/mol. The van der Waals surface area contributed by atoms with Crippen LogP contribution in [-0.4, -0.2) is 0 Å². The number of hydrogen-bond donors (Lipinski definition) is 0. The predicted octanol–water partition coefficient (Wildman–Crippen LogP) is 4.45. The minimum absolute atomic E-state index is 0.328. The monoisotopic (exact) mass is 221 g/mol. The van der Waals surface area contributed by atoms with Gasteiger partial charge in [-0.25, -0.2) is 0 Å². The molecule has 0 nitrogen and oxygen atoms in total. The van der Waals surface area contributed by atoms with Crippen LogP contribution in [0.1, 0.15) is 16.1 Å². The van der Waals surface area contributed by atoms with Crippen molar-refractivity contribution in [1.82, 2.24) is 0 Å². The summed E-state index contributed by atoms with van der Waals surface area (Å²) in [5.41, 5.74) is 3.57. The van der Waals surface area contributed by atoms with E-state index >= 15 is 0 Å². The average Bonchev–Trinajstić information content (AvgIpc) is 2.73. The van der Waals surface area contributed by atoms with E-state index in [1.807, 2.05) is 36.4 Å². The minimum atomic E-state index is 0.328. The van der Waals surface area contributed by atoms with Crippen molar-refractivity contribution < 1.29 is 4.11 Å². The maximum Gasteiger partial charge on any atom is 0.0626 e. The van der Waals surface area contributed by atoms with Crippen molar-refractivity contribution in [3.63, 3.8) is 0 Å². The quantitative estimate of drug-likeness (QED) is 0.657. The zero-order valence-corrected chi connectivity index (χ0v) is 9.40. The number of fused-ring (bicyclic) bond motifs is 2. The van der Waals surface area contributed by atoms with Crippen LogP contribution in [0.4, 0.5) is 0 Å². The molecule has 2 aliphatic rings. The van der Waals surface area contributed by atoms with Crippen LogP contribution in [0.2, 0.25) is 0 Å². The summed E-state index contributed by atoms with van der Waals surface area (Å²) in [5.74, 6) is 0. The molecule has 0 N–H and O–H groups in total. The lowest BCUT2D eigenvalue weighted by Crippen LogP contribution is -1.89. The molecule has 2 bridgehead atoms. The number of allylic oxidation sites excluding steroid dienone is 10.